The number of nitrogens with one attached hydrogen (secondary N) is 1. The van der Waals surface area contributed by atoms with E-state index in [2.05, 4.69) is 5.32 Å². The van der Waals surface area contributed by atoms with Crippen LogP contribution in [0, 0.1) is 0 Å². The molecular weight excluding hydrogens is 451 g/mol. The Morgan fingerprint density at radius 2 is 1.17 bits per heavy atom. The van der Waals surface area contributed by atoms with Gasteiger partial charge >= 0.3 is 27.9 Å². The molecule has 1 amide bonds. The van der Waals surface area contributed by atoms with Gasteiger partial charge in [0, 0.05) is 6.04 Å². The quantitative estimate of drug-likeness (QED) is 0.416. The minimum absolute atomic E-state index is 0.302. The highest BCUT2D eigenvalue weighted by atomic mass is 19.5. The predicted molar refractivity (Wildman–Crippen MR) is 88.0 cm³/mol. The number of carbonyl (C=O) groups is 1. The van der Waals surface area contributed by atoms with Gasteiger partial charge < -0.3 is 61.8 Å². The van der Waals surface area contributed by atoms with E-state index in [9.17, 15) is 56.6 Å². The highest BCUT2D eigenvalue weighted by molar-refractivity contribution is 6.50. The topological polar surface area (TPSA) is 38.3 Å². The van der Waals surface area contributed by atoms with Crippen LogP contribution in [0.3, 0.4) is 0 Å². The van der Waals surface area contributed by atoms with Crippen molar-refractivity contribution in [2.45, 2.75) is 31.9 Å². The van der Waals surface area contributed by atoms with Gasteiger partial charge in [0.1, 0.15) is 6.61 Å². The molecule has 0 saturated heterocycles. The maximum atomic E-state index is 11.3. The van der Waals surface area contributed by atoms with E-state index in [1.165, 1.54) is 6.42 Å². The van der Waals surface area contributed by atoms with Gasteiger partial charge in [0.2, 0.25) is 0 Å². The van der Waals surface area contributed by atoms with Gasteiger partial charge in [-0.05, 0) is 24.8 Å². The van der Waals surface area contributed by atoms with Gasteiger partial charge in [-0.15, -0.1) is 0 Å². The molecule has 0 radical (unpaired) electrons. The van der Waals surface area contributed by atoms with Crippen molar-refractivity contribution in [3.05, 3.63) is 35.9 Å². The number of hydrogen-bond donors (Lipinski definition) is 1. The Hall–Kier alpha value is -2.16. The lowest BCUT2D eigenvalue weighted by molar-refractivity contribution is 0.130. The lowest BCUT2D eigenvalue weighted by atomic mass is 9.93. The summed E-state index contributed by atoms with van der Waals surface area (Å²) in [6.45, 7) is 0.347. The molecule has 0 spiro atoms. The number of carbonyl (C=O) groups excluding carboxylic acids is 1. The molecule has 176 valence electrons. The van der Waals surface area contributed by atoms with Crippen LogP contribution in [0.15, 0.2) is 30.3 Å². The number of hydrogen-bond acceptors (Lipinski definition) is 2. The van der Waals surface area contributed by atoms with Crippen molar-refractivity contribution in [2.75, 3.05) is 0 Å². The monoisotopic (exact) mass is 466 g/mol. The number of benzene rings is 1. The predicted octanol–water partition coefficient (Wildman–Crippen LogP) is 6.37. The summed E-state index contributed by atoms with van der Waals surface area (Å²) in [6, 6.07) is 10.0. The lowest BCUT2D eigenvalue weighted by Crippen LogP contribution is -2.39. The van der Waals surface area contributed by atoms with Crippen LogP contribution in [0.1, 0.15) is 24.8 Å². The largest absolute Gasteiger partial charge is 0.673 e. The van der Waals surface area contributed by atoms with Crippen molar-refractivity contribution in [3.8, 4) is 0 Å². The van der Waals surface area contributed by atoms with Crippen LogP contribution in [-0.4, -0.2) is 33.9 Å². The van der Waals surface area contributed by atoms with Gasteiger partial charge in [0.15, 0.2) is 0 Å². The van der Waals surface area contributed by atoms with Crippen LogP contribution in [-0.2, 0) is 11.3 Å². The van der Waals surface area contributed by atoms with Crippen LogP contribution in [0.5, 0.6) is 0 Å². The fraction of sp³-hybridized carbons (Fsp3) is 0.417. The molecule has 1 saturated carbocycles. The molecule has 0 aromatic heterocycles. The van der Waals surface area contributed by atoms with Crippen molar-refractivity contribution in [3.63, 3.8) is 0 Å². The molecule has 1 aliphatic carbocycles. The van der Waals surface area contributed by atoms with E-state index in [4.69, 9.17) is 4.74 Å². The van der Waals surface area contributed by atoms with E-state index in [-0.39, 0.29) is 6.09 Å². The first-order valence-electron chi connectivity index (χ1n) is 7.93. The standard InChI is InChI=1S/C12H15NO2.3BF4/c14-12(13-11-7-4-8-11)15-9-10-5-2-1-3-6-10;3*2-1(3,4)5/h1-3,5-6,11H,4,7-9H2,(H,13,14);;;/q;3*-1. The van der Waals surface area contributed by atoms with E-state index in [1.807, 2.05) is 30.3 Å². The average molecular weight is 466 g/mol. The molecule has 1 aliphatic rings. The summed E-state index contributed by atoms with van der Waals surface area (Å²) in [5.74, 6) is 0. The molecule has 1 fully saturated rings. The Labute approximate surface area is 163 Å². The van der Waals surface area contributed by atoms with Gasteiger partial charge in [-0.2, -0.15) is 0 Å². The molecule has 3 nitrogen and oxygen atoms in total. The van der Waals surface area contributed by atoms with Gasteiger partial charge in [-0.25, -0.2) is 4.79 Å². The minimum atomic E-state index is -6.00. The average Bonchev–Trinajstić information content (AvgIpc) is 2.45. The summed E-state index contributed by atoms with van der Waals surface area (Å²) >= 11 is 0. The summed E-state index contributed by atoms with van der Waals surface area (Å²) in [6.07, 6.45) is 3.08. The molecule has 0 bridgehead atoms. The summed E-state index contributed by atoms with van der Waals surface area (Å²) in [4.78, 5) is 11.3. The van der Waals surface area contributed by atoms with Gasteiger partial charge in [0.05, 0.1) is 0 Å². The van der Waals surface area contributed by atoms with Crippen LogP contribution < -0.4 is 5.32 Å². The highest BCUT2D eigenvalue weighted by Gasteiger charge is 2.21. The van der Waals surface area contributed by atoms with Crippen LogP contribution >= 0.6 is 0 Å². The molecule has 0 atom stereocenters. The van der Waals surface area contributed by atoms with Crippen molar-refractivity contribution in [1.29, 1.82) is 0 Å². The second-order valence-electron chi connectivity index (χ2n) is 5.32. The molecule has 30 heavy (non-hydrogen) atoms. The molecule has 1 N–H and O–H groups in total. The van der Waals surface area contributed by atoms with E-state index < -0.39 is 21.8 Å². The summed E-state index contributed by atoms with van der Waals surface area (Å²) < 4.78 is 122. The maximum Gasteiger partial charge on any atom is 0.673 e. The van der Waals surface area contributed by atoms with E-state index in [1.54, 1.807) is 0 Å². The zero-order valence-electron chi connectivity index (χ0n) is 14.9. The molecular formula is C12H15B3F12NO2-3. The lowest BCUT2D eigenvalue weighted by Gasteiger charge is -2.25. The number of ether oxygens (including phenoxy) is 1. The second kappa shape index (κ2) is 14.0. The first kappa shape index (κ1) is 30.0. The third kappa shape index (κ3) is 36.7. The molecule has 1 aromatic rings. The first-order chi connectivity index (χ1) is 13.3. The maximum absolute atomic E-state index is 11.3. The Morgan fingerprint density at radius 3 is 1.47 bits per heavy atom. The normalized spacial score (nSPS) is 13.7. The van der Waals surface area contributed by atoms with Gasteiger partial charge in [-0.3, -0.25) is 0 Å². The fourth-order valence-corrected chi connectivity index (χ4v) is 1.48. The van der Waals surface area contributed by atoms with E-state index in [0.717, 1.165) is 18.4 Å². The Balaban J connectivity index is 0. The molecule has 2 rings (SSSR count). The molecule has 18 heteroatoms. The summed E-state index contributed by atoms with van der Waals surface area (Å²) in [5, 5.41) is 2.83. The molecule has 1 aromatic carbocycles. The third-order valence-electron chi connectivity index (χ3n) is 2.64. The summed E-state index contributed by atoms with van der Waals surface area (Å²) in [7, 11) is -18.0. The Morgan fingerprint density at radius 1 is 0.800 bits per heavy atom. The third-order valence-corrected chi connectivity index (χ3v) is 2.64. The summed E-state index contributed by atoms with van der Waals surface area (Å²) in [5.41, 5.74) is 1.02. The van der Waals surface area contributed by atoms with Crippen LogP contribution in [0.2, 0.25) is 0 Å². The van der Waals surface area contributed by atoms with Crippen molar-refractivity contribution < 1.29 is 61.3 Å². The highest BCUT2D eigenvalue weighted by Crippen LogP contribution is 2.18. The Bertz CT molecular complexity index is 532. The Kier molecular flexibility index (Phi) is 14.0. The number of rotatable bonds is 3. The van der Waals surface area contributed by atoms with Crippen LogP contribution in [0.4, 0.5) is 56.6 Å². The zero-order valence-corrected chi connectivity index (χ0v) is 14.9. The second-order valence-corrected chi connectivity index (χ2v) is 5.32. The number of amides is 1. The smallest absolute Gasteiger partial charge is 0.445 e. The number of halogens is 12. The first-order valence-corrected chi connectivity index (χ1v) is 7.93. The van der Waals surface area contributed by atoms with Crippen molar-refractivity contribution in [1.82, 2.24) is 5.32 Å². The number of alkyl carbamates (subject to hydrolysis) is 1. The SMILES string of the molecule is F[B-](F)(F)F.F[B-](F)(F)F.F[B-](F)(F)F.O=C(NC1CCC1)OCc1ccccc1. The molecule has 0 heterocycles. The zero-order chi connectivity index (χ0) is 24.0. The minimum Gasteiger partial charge on any atom is -0.445 e. The van der Waals surface area contributed by atoms with Crippen molar-refractivity contribution >= 4 is 27.9 Å². The van der Waals surface area contributed by atoms with E-state index >= 15 is 0 Å². The van der Waals surface area contributed by atoms with Crippen LogP contribution in [0.25, 0.3) is 0 Å². The fourth-order valence-electron chi connectivity index (χ4n) is 1.48. The van der Waals surface area contributed by atoms with Crippen molar-refractivity contribution in [2.24, 2.45) is 0 Å². The van der Waals surface area contributed by atoms with Gasteiger partial charge in [0.25, 0.3) is 0 Å². The van der Waals surface area contributed by atoms with Gasteiger partial charge in [-0.1, -0.05) is 30.3 Å². The van der Waals surface area contributed by atoms with E-state index in [0.29, 0.717) is 12.6 Å². The molecule has 0 unspecified atom stereocenters. The molecule has 0 aliphatic heterocycles.